The van der Waals surface area contributed by atoms with E-state index >= 15 is 0 Å². The molecule has 0 aliphatic carbocycles. The number of pyridine rings is 1. The number of hydrogen-bond acceptors (Lipinski definition) is 6. The third-order valence-corrected chi connectivity index (χ3v) is 4.46. The minimum absolute atomic E-state index is 0.0363. The first-order valence-corrected chi connectivity index (χ1v) is 7.80. The molecule has 3 aromatic rings. The predicted octanol–water partition coefficient (Wildman–Crippen LogP) is 2.62. The van der Waals surface area contributed by atoms with Crippen LogP contribution in [-0.4, -0.2) is 28.9 Å². The molecule has 7 heteroatoms. The van der Waals surface area contributed by atoms with Crippen LogP contribution < -0.4 is 15.6 Å². The van der Waals surface area contributed by atoms with Crippen LogP contribution in [0.5, 0.6) is 5.75 Å². The highest BCUT2D eigenvalue weighted by Gasteiger charge is 2.13. The summed E-state index contributed by atoms with van der Waals surface area (Å²) in [7, 11) is 5.17. The zero-order valence-electron chi connectivity index (χ0n) is 13.0. The number of rotatable bonds is 4. The van der Waals surface area contributed by atoms with Crippen LogP contribution in [0.2, 0.25) is 0 Å². The number of nitrogens with one attached hydrogen (secondary N) is 1. The van der Waals surface area contributed by atoms with Crippen molar-refractivity contribution in [3.05, 3.63) is 46.9 Å². The molecule has 0 aliphatic heterocycles. The molecule has 3 rings (SSSR count). The van der Waals surface area contributed by atoms with Crippen molar-refractivity contribution in [3.63, 3.8) is 0 Å². The van der Waals surface area contributed by atoms with Crippen LogP contribution in [0.3, 0.4) is 0 Å². The van der Waals surface area contributed by atoms with E-state index in [-0.39, 0.29) is 5.56 Å². The van der Waals surface area contributed by atoms with E-state index in [1.165, 1.54) is 11.3 Å². The monoisotopic (exact) mass is 328 g/mol. The van der Waals surface area contributed by atoms with Crippen molar-refractivity contribution in [2.75, 3.05) is 19.5 Å². The molecule has 2 heterocycles. The molecule has 0 atom stereocenters. The predicted molar refractivity (Wildman–Crippen MR) is 92.1 cm³/mol. The Balaban J connectivity index is 2.05. The van der Waals surface area contributed by atoms with Crippen molar-refractivity contribution in [2.45, 2.75) is 0 Å². The second-order valence-corrected chi connectivity index (χ2v) is 5.92. The molecule has 2 aromatic heterocycles. The van der Waals surface area contributed by atoms with Crippen LogP contribution in [0, 0.1) is 0 Å². The molecule has 0 aliphatic rings. The Bertz CT molecular complexity index is 901. The second kappa shape index (κ2) is 6.21. The smallest absolute Gasteiger partial charge is 0.250 e. The maximum absolute atomic E-state index is 11.5. The number of aromatic nitrogens is 3. The summed E-state index contributed by atoms with van der Waals surface area (Å²) in [5.41, 5.74) is 2.77. The molecule has 6 nitrogen and oxygen atoms in total. The number of benzene rings is 1. The summed E-state index contributed by atoms with van der Waals surface area (Å²) >= 11 is 1.46. The number of aryl methyl sites for hydroxylation is 1. The van der Waals surface area contributed by atoms with Gasteiger partial charge >= 0.3 is 0 Å². The van der Waals surface area contributed by atoms with Gasteiger partial charge in [0.05, 0.1) is 12.7 Å². The summed E-state index contributed by atoms with van der Waals surface area (Å²) in [4.78, 5) is 11.5. The van der Waals surface area contributed by atoms with Gasteiger partial charge in [-0.15, -0.1) is 10.2 Å². The van der Waals surface area contributed by atoms with Gasteiger partial charge in [-0.05, 0) is 29.3 Å². The molecular weight excluding hydrogens is 312 g/mol. The fraction of sp³-hybridized carbons (Fsp3) is 0.188. The van der Waals surface area contributed by atoms with E-state index in [4.69, 9.17) is 4.74 Å². The standard InChI is InChI=1S/C16H16N4O2S/c1-17-16-19-18-15(23-16)12-6-4-10(8-13(12)22-3)11-5-7-14(21)20(2)9-11/h4-9H,1-3H3,(H,17,19). The molecule has 0 saturated carbocycles. The Morgan fingerprint density at radius 2 is 1.96 bits per heavy atom. The molecule has 0 bridgehead atoms. The highest BCUT2D eigenvalue weighted by atomic mass is 32.1. The van der Waals surface area contributed by atoms with E-state index < -0.39 is 0 Å². The van der Waals surface area contributed by atoms with Gasteiger partial charge in [-0.3, -0.25) is 4.79 Å². The summed E-state index contributed by atoms with van der Waals surface area (Å²) in [6.07, 6.45) is 1.81. The Labute approximate surface area is 137 Å². The lowest BCUT2D eigenvalue weighted by Crippen LogP contribution is -2.13. The molecule has 1 aromatic carbocycles. The first kappa shape index (κ1) is 15.2. The van der Waals surface area contributed by atoms with Gasteiger partial charge < -0.3 is 14.6 Å². The largest absolute Gasteiger partial charge is 0.496 e. The quantitative estimate of drug-likeness (QED) is 0.797. The number of nitrogens with zero attached hydrogens (tertiary/aromatic N) is 3. The maximum Gasteiger partial charge on any atom is 0.250 e. The lowest BCUT2D eigenvalue weighted by molar-refractivity contribution is 0.416. The summed E-state index contributed by atoms with van der Waals surface area (Å²) in [5, 5.41) is 12.7. The SMILES string of the molecule is CNc1nnc(-c2ccc(-c3ccc(=O)n(C)c3)cc2OC)s1. The van der Waals surface area contributed by atoms with Gasteiger partial charge in [0.2, 0.25) is 10.7 Å². The number of anilines is 1. The zero-order chi connectivity index (χ0) is 16.4. The normalized spacial score (nSPS) is 10.6. The van der Waals surface area contributed by atoms with E-state index in [0.29, 0.717) is 0 Å². The van der Waals surface area contributed by atoms with Gasteiger partial charge in [0.1, 0.15) is 5.75 Å². The van der Waals surface area contributed by atoms with E-state index in [9.17, 15) is 4.79 Å². The zero-order valence-corrected chi connectivity index (χ0v) is 13.8. The molecule has 1 N–H and O–H groups in total. The van der Waals surface area contributed by atoms with E-state index in [1.807, 2.05) is 25.2 Å². The van der Waals surface area contributed by atoms with Gasteiger partial charge in [-0.2, -0.15) is 0 Å². The van der Waals surface area contributed by atoms with E-state index in [1.54, 1.807) is 37.1 Å². The minimum atomic E-state index is -0.0363. The molecule has 0 amide bonds. The van der Waals surface area contributed by atoms with E-state index in [0.717, 1.165) is 32.6 Å². The molecule has 0 spiro atoms. The van der Waals surface area contributed by atoms with Crippen LogP contribution in [0.1, 0.15) is 0 Å². The molecular formula is C16H16N4O2S. The van der Waals surface area contributed by atoms with Gasteiger partial charge in [0.15, 0.2) is 5.01 Å². The van der Waals surface area contributed by atoms with Crippen LogP contribution in [0.25, 0.3) is 21.7 Å². The third kappa shape index (κ3) is 2.95. The van der Waals surface area contributed by atoms with Crippen LogP contribution in [-0.2, 0) is 7.05 Å². The summed E-state index contributed by atoms with van der Waals surface area (Å²) < 4.78 is 7.06. The van der Waals surface area contributed by atoms with Gasteiger partial charge in [0, 0.05) is 26.4 Å². The molecule has 23 heavy (non-hydrogen) atoms. The van der Waals surface area contributed by atoms with Crippen molar-refractivity contribution in [1.29, 1.82) is 0 Å². The van der Waals surface area contributed by atoms with Gasteiger partial charge in [0.25, 0.3) is 0 Å². The highest BCUT2D eigenvalue weighted by Crippen LogP contribution is 2.36. The number of ether oxygens (including phenoxy) is 1. The van der Waals surface area contributed by atoms with Crippen LogP contribution in [0.15, 0.2) is 41.3 Å². The Hall–Kier alpha value is -2.67. The molecule has 0 unspecified atom stereocenters. The minimum Gasteiger partial charge on any atom is -0.496 e. The molecule has 0 radical (unpaired) electrons. The average molecular weight is 328 g/mol. The Kier molecular flexibility index (Phi) is 4.12. The lowest BCUT2D eigenvalue weighted by atomic mass is 10.0. The maximum atomic E-state index is 11.5. The van der Waals surface area contributed by atoms with E-state index in [2.05, 4.69) is 15.5 Å². The Morgan fingerprint density at radius 3 is 2.61 bits per heavy atom. The number of hydrogen-bond donors (Lipinski definition) is 1. The highest BCUT2D eigenvalue weighted by molar-refractivity contribution is 7.18. The second-order valence-electron chi connectivity index (χ2n) is 4.94. The van der Waals surface area contributed by atoms with Crippen molar-refractivity contribution in [1.82, 2.24) is 14.8 Å². The number of methoxy groups -OCH3 is 1. The fourth-order valence-electron chi connectivity index (χ4n) is 2.25. The van der Waals surface area contributed by atoms with Crippen LogP contribution in [0.4, 0.5) is 5.13 Å². The average Bonchev–Trinajstić information content (AvgIpc) is 3.05. The van der Waals surface area contributed by atoms with Crippen molar-refractivity contribution in [2.24, 2.45) is 7.05 Å². The Morgan fingerprint density at radius 1 is 1.17 bits per heavy atom. The van der Waals surface area contributed by atoms with Gasteiger partial charge in [-0.25, -0.2) is 0 Å². The summed E-state index contributed by atoms with van der Waals surface area (Å²) in [5.74, 6) is 0.718. The van der Waals surface area contributed by atoms with Crippen molar-refractivity contribution in [3.8, 4) is 27.4 Å². The summed E-state index contributed by atoms with van der Waals surface area (Å²) in [6, 6.07) is 9.24. The first-order valence-electron chi connectivity index (χ1n) is 6.99. The molecule has 118 valence electrons. The first-order chi connectivity index (χ1) is 11.1. The molecule has 0 saturated heterocycles. The third-order valence-electron chi connectivity index (χ3n) is 3.49. The lowest BCUT2D eigenvalue weighted by Gasteiger charge is -2.09. The van der Waals surface area contributed by atoms with Crippen molar-refractivity contribution < 1.29 is 4.74 Å². The topological polar surface area (TPSA) is 69.0 Å². The van der Waals surface area contributed by atoms with Crippen molar-refractivity contribution >= 4 is 16.5 Å². The molecule has 0 fully saturated rings. The van der Waals surface area contributed by atoms with Gasteiger partial charge in [-0.1, -0.05) is 17.4 Å². The van der Waals surface area contributed by atoms with Crippen LogP contribution >= 0.6 is 11.3 Å². The fourth-order valence-corrected chi connectivity index (χ4v) is 2.97. The summed E-state index contributed by atoms with van der Waals surface area (Å²) in [6.45, 7) is 0.